The standard InChI is InChI=1S/C25H12Cl2N6/c1-11-2-5-14-17(8-11)31-23-20(28-14)24-22(30-16-7-4-13(27)10-19(16)32-24)25-21(23)29-15-6-3-12(26)9-18(15)33-25/h2-10H,1H3. The summed E-state index contributed by atoms with van der Waals surface area (Å²) >= 11 is 12.5. The van der Waals surface area contributed by atoms with Gasteiger partial charge in [0.05, 0.1) is 33.1 Å². The maximum absolute atomic E-state index is 6.23. The zero-order valence-corrected chi connectivity index (χ0v) is 18.6. The van der Waals surface area contributed by atoms with E-state index >= 15 is 0 Å². The summed E-state index contributed by atoms with van der Waals surface area (Å²) in [7, 11) is 0. The van der Waals surface area contributed by atoms with E-state index in [4.69, 9.17) is 53.1 Å². The van der Waals surface area contributed by atoms with Crippen LogP contribution in [0.5, 0.6) is 0 Å². The number of halogens is 2. The SMILES string of the molecule is Cc1ccc2nc3c(nc2c1)c1nc2ccc(Cl)cc2nc1c1nc2ccc(Cl)cc2nc31. The minimum Gasteiger partial charge on any atom is -0.242 e. The Morgan fingerprint density at radius 2 is 0.758 bits per heavy atom. The van der Waals surface area contributed by atoms with Crippen LogP contribution in [0.2, 0.25) is 10.0 Å². The molecule has 8 heteroatoms. The first-order chi connectivity index (χ1) is 16.0. The Morgan fingerprint density at radius 3 is 1.18 bits per heavy atom. The van der Waals surface area contributed by atoms with Crippen LogP contribution >= 0.6 is 23.2 Å². The predicted molar refractivity (Wildman–Crippen MR) is 133 cm³/mol. The summed E-state index contributed by atoms with van der Waals surface area (Å²) in [5, 5.41) is 1.18. The Morgan fingerprint density at radius 1 is 0.424 bits per heavy atom. The number of hydrogen-bond acceptors (Lipinski definition) is 6. The Kier molecular flexibility index (Phi) is 3.78. The molecule has 0 fully saturated rings. The average molecular weight is 467 g/mol. The summed E-state index contributed by atoms with van der Waals surface area (Å²) in [4.78, 5) is 29.5. The molecule has 0 amide bonds. The van der Waals surface area contributed by atoms with E-state index in [9.17, 15) is 0 Å². The van der Waals surface area contributed by atoms with E-state index in [0.717, 1.165) is 22.1 Å². The van der Waals surface area contributed by atoms with E-state index in [2.05, 4.69) is 0 Å². The van der Waals surface area contributed by atoms with Crippen LogP contribution in [-0.2, 0) is 0 Å². The molecule has 0 aliphatic rings. The summed E-state index contributed by atoms with van der Waals surface area (Å²) in [6.45, 7) is 2.03. The zero-order chi connectivity index (χ0) is 22.3. The van der Waals surface area contributed by atoms with Crippen molar-refractivity contribution in [2.45, 2.75) is 6.92 Å². The van der Waals surface area contributed by atoms with Gasteiger partial charge in [-0.25, -0.2) is 29.9 Å². The Bertz CT molecular complexity index is 1710. The number of nitrogens with zero attached hydrogens (tertiary/aromatic N) is 6. The quantitative estimate of drug-likeness (QED) is 0.185. The van der Waals surface area contributed by atoms with Gasteiger partial charge in [0.2, 0.25) is 0 Å². The first kappa shape index (κ1) is 18.8. The van der Waals surface area contributed by atoms with Crippen molar-refractivity contribution in [2.75, 3.05) is 0 Å². The maximum atomic E-state index is 6.23. The molecule has 0 unspecified atom stereocenters. The van der Waals surface area contributed by atoms with Crippen LogP contribution in [0.4, 0.5) is 0 Å². The first-order valence-electron chi connectivity index (χ1n) is 10.3. The number of aryl methyl sites for hydroxylation is 1. The van der Waals surface area contributed by atoms with Gasteiger partial charge < -0.3 is 0 Å². The second kappa shape index (κ2) is 6.63. The molecule has 6 nitrogen and oxygen atoms in total. The van der Waals surface area contributed by atoms with Gasteiger partial charge in [-0.3, -0.25) is 0 Å². The fraction of sp³-hybridized carbons (Fsp3) is 0.0400. The normalized spacial score (nSPS) is 12.1. The van der Waals surface area contributed by atoms with E-state index in [0.29, 0.717) is 59.7 Å². The van der Waals surface area contributed by atoms with Crippen LogP contribution < -0.4 is 0 Å². The lowest BCUT2D eigenvalue weighted by Gasteiger charge is -2.10. The second-order valence-corrected chi connectivity index (χ2v) is 8.89. The molecule has 0 bridgehead atoms. The van der Waals surface area contributed by atoms with Gasteiger partial charge in [-0.05, 0) is 61.0 Å². The highest BCUT2D eigenvalue weighted by Gasteiger charge is 2.19. The third kappa shape index (κ3) is 2.81. The minimum absolute atomic E-state index is 0.591. The van der Waals surface area contributed by atoms with Crippen molar-refractivity contribution in [1.82, 2.24) is 29.9 Å². The predicted octanol–water partition coefficient (Wildman–Crippen LogP) is 6.59. The summed E-state index contributed by atoms with van der Waals surface area (Å²) < 4.78 is 0. The van der Waals surface area contributed by atoms with Gasteiger partial charge in [0.25, 0.3) is 0 Å². The van der Waals surface area contributed by atoms with Gasteiger partial charge >= 0.3 is 0 Å². The first-order valence-corrected chi connectivity index (χ1v) is 11.0. The van der Waals surface area contributed by atoms with Gasteiger partial charge in [0.1, 0.15) is 33.1 Å². The monoisotopic (exact) mass is 466 g/mol. The van der Waals surface area contributed by atoms with Gasteiger partial charge in [0.15, 0.2) is 0 Å². The van der Waals surface area contributed by atoms with Crippen molar-refractivity contribution < 1.29 is 0 Å². The van der Waals surface area contributed by atoms with Crippen LogP contribution in [0.25, 0.3) is 66.2 Å². The summed E-state index contributed by atoms with van der Waals surface area (Å²) in [5.74, 6) is 0. The highest BCUT2D eigenvalue weighted by Crippen LogP contribution is 2.33. The second-order valence-electron chi connectivity index (χ2n) is 8.02. The largest absolute Gasteiger partial charge is 0.242 e. The summed E-state index contributed by atoms with van der Waals surface area (Å²) in [6, 6.07) is 16.9. The Labute approximate surface area is 196 Å². The topological polar surface area (TPSA) is 77.3 Å². The van der Waals surface area contributed by atoms with E-state index in [1.807, 2.05) is 37.3 Å². The fourth-order valence-corrected chi connectivity index (χ4v) is 4.54. The van der Waals surface area contributed by atoms with Gasteiger partial charge in [-0.1, -0.05) is 29.3 Å². The van der Waals surface area contributed by atoms with Crippen LogP contribution in [0.3, 0.4) is 0 Å². The number of rotatable bonds is 0. The lowest BCUT2D eigenvalue weighted by Crippen LogP contribution is -1.99. The lowest BCUT2D eigenvalue weighted by molar-refractivity contribution is 1.33. The molecular weight excluding hydrogens is 455 g/mol. The fourth-order valence-electron chi connectivity index (χ4n) is 4.21. The maximum Gasteiger partial charge on any atom is 0.120 e. The number of aromatic nitrogens is 6. The minimum atomic E-state index is 0.591. The molecular formula is C25H12Cl2N6. The molecule has 0 radical (unpaired) electrons. The molecule has 0 atom stereocenters. The van der Waals surface area contributed by atoms with Crippen molar-refractivity contribution in [3.63, 3.8) is 0 Å². The van der Waals surface area contributed by atoms with Crippen molar-refractivity contribution in [3.05, 3.63) is 70.2 Å². The van der Waals surface area contributed by atoms with Crippen LogP contribution in [0.15, 0.2) is 54.6 Å². The molecule has 3 aromatic heterocycles. The van der Waals surface area contributed by atoms with Gasteiger partial charge in [-0.15, -0.1) is 0 Å². The van der Waals surface area contributed by atoms with Gasteiger partial charge in [0, 0.05) is 10.0 Å². The number of benzene rings is 4. The van der Waals surface area contributed by atoms with Crippen molar-refractivity contribution in [1.29, 1.82) is 0 Å². The third-order valence-electron chi connectivity index (χ3n) is 5.75. The van der Waals surface area contributed by atoms with Crippen LogP contribution in [0, 0.1) is 6.92 Å². The smallest absolute Gasteiger partial charge is 0.120 e. The zero-order valence-electron chi connectivity index (χ0n) is 17.1. The summed E-state index contributed by atoms with van der Waals surface area (Å²) in [6.07, 6.45) is 0. The third-order valence-corrected chi connectivity index (χ3v) is 6.22. The molecule has 0 N–H and O–H groups in total. The lowest BCUT2D eigenvalue weighted by atomic mass is 10.1. The van der Waals surface area contributed by atoms with Crippen molar-refractivity contribution in [2.24, 2.45) is 0 Å². The number of fused-ring (bicyclic) bond motifs is 9. The van der Waals surface area contributed by atoms with Crippen LogP contribution in [0.1, 0.15) is 5.56 Å². The molecule has 0 aliphatic carbocycles. The van der Waals surface area contributed by atoms with Crippen molar-refractivity contribution in [3.8, 4) is 0 Å². The van der Waals surface area contributed by atoms with Crippen molar-refractivity contribution >= 4 is 89.4 Å². The Balaban J connectivity index is 1.78. The van der Waals surface area contributed by atoms with E-state index in [1.165, 1.54) is 0 Å². The van der Waals surface area contributed by atoms with Crippen LogP contribution in [-0.4, -0.2) is 29.9 Å². The summed E-state index contributed by atoms with van der Waals surface area (Å²) in [5.41, 5.74) is 9.19. The highest BCUT2D eigenvalue weighted by molar-refractivity contribution is 6.31. The molecule has 0 spiro atoms. The molecule has 0 aliphatic heterocycles. The molecule has 7 aromatic rings. The highest BCUT2D eigenvalue weighted by atomic mass is 35.5. The van der Waals surface area contributed by atoms with Gasteiger partial charge in [-0.2, -0.15) is 0 Å². The van der Waals surface area contributed by atoms with E-state index in [-0.39, 0.29) is 0 Å². The Hall–Kier alpha value is -3.74. The molecule has 7 rings (SSSR count). The molecule has 156 valence electrons. The molecule has 33 heavy (non-hydrogen) atoms. The van der Waals surface area contributed by atoms with E-state index in [1.54, 1.807) is 24.3 Å². The number of hydrogen-bond donors (Lipinski definition) is 0. The molecule has 4 aromatic carbocycles. The average Bonchev–Trinajstić information content (AvgIpc) is 2.81. The molecule has 3 heterocycles. The molecule has 0 saturated heterocycles. The molecule has 0 saturated carbocycles. The van der Waals surface area contributed by atoms with E-state index < -0.39 is 0 Å².